The van der Waals surface area contributed by atoms with E-state index in [0.717, 1.165) is 13.1 Å². The van der Waals surface area contributed by atoms with E-state index < -0.39 is 11.8 Å². The SMILES string of the molecule is CCN(CC)CCNC(=O)C(=O)Nc1cccnc1Cl. The second-order valence-corrected chi connectivity index (χ2v) is 4.44. The molecule has 6 nitrogen and oxygen atoms in total. The van der Waals surface area contributed by atoms with E-state index in [9.17, 15) is 9.59 Å². The standard InChI is InChI=1S/C13H19ClN4O2/c1-3-18(4-2)9-8-16-12(19)13(20)17-10-6-5-7-15-11(10)14/h5-7H,3-4,8-9H2,1-2H3,(H,16,19)(H,17,20). The Morgan fingerprint density at radius 2 is 2.00 bits per heavy atom. The molecule has 0 aliphatic heterocycles. The molecule has 7 heteroatoms. The predicted octanol–water partition coefficient (Wildman–Crippen LogP) is 1.13. The highest BCUT2D eigenvalue weighted by Gasteiger charge is 2.14. The molecule has 0 bridgehead atoms. The molecule has 0 unspecified atom stereocenters. The largest absolute Gasteiger partial charge is 0.347 e. The van der Waals surface area contributed by atoms with Crippen LogP contribution in [0.5, 0.6) is 0 Å². The lowest BCUT2D eigenvalue weighted by molar-refractivity contribution is -0.136. The minimum atomic E-state index is -0.751. The van der Waals surface area contributed by atoms with Gasteiger partial charge in [-0.25, -0.2) is 4.98 Å². The summed E-state index contributed by atoms with van der Waals surface area (Å²) in [6.45, 7) is 7.03. The second kappa shape index (κ2) is 8.50. The van der Waals surface area contributed by atoms with Crippen molar-refractivity contribution >= 4 is 29.1 Å². The van der Waals surface area contributed by atoms with E-state index in [2.05, 4.69) is 20.5 Å². The lowest BCUT2D eigenvalue weighted by Crippen LogP contribution is -2.40. The first kappa shape index (κ1) is 16.4. The Morgan fingerprint density at radius 1 is 1.30 bits per heavy atom. The Kier molecular flexibility index (Phi) is 6.97. The molecular formula is C13H19ClN4O2. The van der Waals surface area contributed by atoms with Gasteiger partial charge in [-0.1, -0.05) is 25.4 Å². The highest BCUT2D eigenvalue weighted by Crippen LogP contribution is 2.16. The van der Waals surface area contributed by atoms with Crippen LogP contribution in [-0.4, -0.2) is 47.9 Å². The molecular weight excluding hydrogens is 280 g/mol. The third-order valence-electron chi connectivity index (χ3n) is 2.82. The molecule has 1 rings (SSSR count). The highest BCUT2D eigenvalue weighted by molar-refractivity contribution is 6.41. The average molecular weight is 299 g/mol. The number of pyridine rings is 1. The number of nitrogens with one attached hydrogen (secondary N) is 2. The number of carbonyl (C=O) groups excluding carboxylic acids is 2. The first-order chi connectivity index (χ1) is 9.58. The molecule has 0 aliphatic rings. The number of hydrogen-bond acceptors (Lipinski definition) is 4. The number of carbonyl (C=O) groups is 2. The summed E-state index contributed by atoms with van der Waals surface area (Å²) >= 11 is 5.79. The number of anilines is 1. The molecule has 0 saturated carbocycles. The van der Waals surface area contributed by atoms with E-state index in [1.54, 1.807) is 12.1 Å². The summed E-state index contributed by atoms with van der Waals surface area (Å²) in [4.78, 5) is 29.2. The molecule has 0 spiro atoms. The lowest BCUT2D eigenvalue weighted by atomic mass is 10.4. The van der Waals surface area contributed by atoms with E-state index in [-0.39, 0.29) is 5.15 Å². The molecule has 0 aliphatic carbocycles. The first-order valence-corrected chi connectivity index (χ1v) is 6.88. The van der Waals surface area contributed by atoms with Crippen LogP contribution in [0.1, 0.15) is 13.8 Å². The molecule has 0 aromatic carbocycles. The summed E-state index contributed by atoms with van der Waals surface area (Å²) in [5, 5.41) is 5.13. The molecule has 1 aromatic rings. The van der Waals surface area contributed by atoms with Gasteiger partial charge < -0.3 is 15.5 Å². The van der Waals surface area contributed by atoms with Crippen molar-refractivity contribution in [2.75, 3.05) is 31.5 Å². The van der Waals surface area contributed by atoms with Gasteiger partial charge in [-0.05, 0) is 25.2 Å². The fourth-order valence-electron chi connectivity index (χ4n) is 1.61. The van der Waals surface area contributed by atoms with Crippen LogP contribution in [0.4, 0.5) is 5.69 Å². The quantitative estimate of drug-likeness (QED) is 0.610. The zero-order chi connectivity index (χ0) is 15.0. The maximum absolute atomic E-state index is 11.7. The van der Waals surface area contributed by atoms with Crippen molar-refractivity contribution in [2.24, 2.45) is 0 Å². The number of aromatic nitrogens is 1. The van der Waals surface area contributed by atoms with Crippen LogP contribution in [0.25, 0.3) is 0 Å². The Labute approximate surface area is 123 Å². The Hall–Kier alpha value is -1.66. The summed E-state index contributed by atoms with van der Waals surface area (Å²) in [6.07, 6.45) is 1.50. The van der Waals surface area contributed by atoms with Crippen LogP contribution in [-0.2, 0) is 9.59 Å². The van der Waals surface area contributed by atoms with E-state index in [4.69, 9.17) is 11.6 Å². The van der Waals surface area contributed by atoms with Gasteiger partial charge in [-0.3, -0.25) is 9.59 Å². The number of hydrogen-bond donors (Lipinski definition) is 2. The molecule has 0 atom stereocenters. The van der Waals surface area contributed by atoms with Crippen LogP contribution in [0, 0.1) is 0 Å². The minimum Gasteiger partial charge on any atom is -0.347 e. The van der Waals surface area contributed by atoms with Gasteiger partial charge in [0.25, 0.3) is 0 Å². The number of likely N-dealkylation sites (N-methyl/N-ethyl adjacent to an activating group) is 1. The topological polar surface area (TPSA) is 74.3 Å². The zero-order valence-electron chi connectivity index (χ0n) is 11.6. The van der Waals surface area contributed by atoms with E-state index in [1.165, 1.54) is 6.20 Å². The lowest BCUT2D eigenvalue weighted by Gasteiger charge is -2.17. The molecule has 1 aromatic heterocycles. The summed E-state index contributed by atoms with van der Waals surface area (Å²) in [7, 11) is 0. The average Bonchev–Trinajstić information content (AvgIpc) is 2.45. The van der Waals surface area contributed by atoms with Crippen molar-refractivity contribution in [2.45, 2.75) is 13.8 Å². The van der Waals surface area contributed by atoms with Gasteiger partial charge in [0.2, 0.25) is 0 Å². The van der Waals surface area contributed by atoms with Crippen LogP contribution in [0.3, 0.4) is 0 Å². The summed E-state index contributed by atoms with van der Waals surface area (Å²) in [6, 6.07) is 3.20. The van der Waals surface area contributed by atoms with Gasteiger partial charge >= 0.3 is 11.8 Å². The maximum Gasteiger partial charge on any atom is 0.313 e. The molecule has 0 radical (unpaired) electrons. The summed E-state index contributed by atoms with van der Waals surface area (Å²) in [5.41, 5.74) is 0.318. The van der Waals surface area contributed by atoms with Crippen LogP contribution >= 0.6 is 11.6 Å². The molecule has 2 N–H and O–H groups in total. The number of rotatable bonds is 6. The van der Waals surface area contributed by atoms with E-state index in [0.29, 0.717) is 18.8 Å². The Morgan fingerprint density at radius 3 is 2.60 bits per heavy atom. The predicted molar refractivity (Wildman–Crippen MR) is 78.7 cm³/mol. The Bertz CT molecular complexity index is 463. The maximum atomic E-state index is 11.7. The van der Waals surface area contributed by atoms with Gasteiger partial charge in [0, 0.05) is 19.3 Å². The van der Waals surface area contributed by atoms with Crippen molar-refractivity contribution in [3.63, 3.8) is 0 Å². The van der Waals surface area contributed by atoms with Crippen molar-refractivity contribution in [1.29, 1.82) is 0 Å². The molecule has 1 heterocycles. The van der Waals surface area contributed by atoms with Crippen LogP contribution in [0.2, 0.25) is 5.15 Å². The molecule has 0 saturated heterocycles. The third kappa shape index (κ3) is 5.14. The Balaban J connectivity index is 2.40. The first-order valence-electron chi connectivity index (χ1n) is 6.50. The normalized spacial score (nSPS) is 10.4. The van der Waals surface area contributed by atoms with Crippen LogP contribution < -0.4 is 10.6 Å². The summed E-state index contributed by atoms with van der Waals surface area (Å²) < 4.78 is 0. The van der Waals surface area contributed by atoms with Crippen molar-refractivity contribution in [3.05, 3.63) is 23.5 Å². The molecule has 110 valence electrons. The fraction of sp³-hybridized carbons (Fsp3) is 0.462. The number of halogens is 1. The van der Waals surface area contributed by atoms with E-state index >= 15 is 0 Å². The van der Waals surface area contributed by atoms with Crippen LogP contribution in [0.15, 0.2) is 18.3 Å². The molecule has 20 heavy (non-hydrogen) atoms. The van der Waals surface area contributed by atoms with Crippen molar-refractivity contribution in [1.82, 2.24) is 15.2 Å². The molecule has 0 fully saturated rings. The van der Waals surface area contributed by atoms with Crippen molar-refractivity contribution in [3.8, 4) is 0 Å². The molecule has 2 amide bonds. The number of amides is 2. The minimum absolute atomic E-state index is 0.150. The zero-order valence-corrected chi connectivity index (χ0v) is 12.4. The van der Waals surface area contributed by atoms with Crippen molar-refractivity contribution < 1.29 is 9.59 Å². The monoisotopic (exact) mass is 298 g/mol. The van der Waals surface area contributed by atoms with Gasteiger partial charge in [-0.2, -0.15) is 0 Å². The smallest absolute Gasteiger partial charge is 0.313 e. The highest BCUT2D eigenvalue weighted by atomic mass is 35.5. The fourth-order valence-corrected chi connectivity index (χ4v) is 1.77. The third-order valence-corrected chi connectivity index (χ3v) is 3.12. The van der Waals surface area contributed by atoms with E-state index in [1.807, 2.05) is 13.8 Å². The second-order valence-electron chi connectivity index (χ2n) is 4.08. The van der Waals surface area contributed by atoms with Gasteiger partial charge in [-0.15, -0.1) is 0 Å². The van der Waals surface area contributed by atoms with Gasteiger partial charge in [0.05, 0.1) is 5.69 Å². The summed E-state index contributed by atoms with van der Waals surface area (Å²) in [5.74, 6) is -1.43. The van der Waals surface area contributed by atoms with Gasteiger partial charge in [0.1, 0.15) is 0 Å². The number of nitrogens with zero attached hydrogens (tertiary/aromatic N) is 2. The van der Waals surface area contributed by atoms with Gasteiger partial charge in [0.15, 0.2) is 5.15 Å².